The second-order valence-corrected chi connectivity index (χ2v) is 3.34. The van der Waals surface area contributed by atoms with Crippen LogP contribution in [0.4, 0.5) is 0 Å². The highest BCUT2D eigenvalue weighted by molar-refractivity contribution is 5.05. The molecular weight excluding hydrogens is 156 g/mol. The Balaban J connectivity index is 2.04. The highest BCUT2D eigenvalue weighted by Gasteiger charge is 2.38. The van der Waals surface area contributed by atoms with Crippen molar-refractivity contribution in [3.8, 4) is 0 Å². The minimum atomic E-state index is 0.0825. The first kappa shape index (κ1) is 7.73. The predicted octanol–water partition coefficient (Wildman–Crippen LogP) is 0.728. The van der Waals surface area contributed by atoms with Crippen molar-refractivity contribution in [2.45, 2.75) is 25.7 Å². The van der Waals surface area contributed by atoms with E-state index in [2.05, 4.69) is 17.1 Å². The maximum atomic E-state index is 8.61. The minimum absolute atomic E-state index is 0.0825. The molecule has 4 nitrogen and oxygen atoms in total. The van der Waals surface area contributed by atoms with Gasteiger partial charge in [0.05, 0.1) is 6.61 Å². The van der Waals surface area contributed by atoms with Gasteiger partial charge in [0.2, 0.25) is 5.89 Å². The van der Waals surface area contributed by atoms with E-state index in [0.717, 1.165) is 12.3 Å². The van der Waals surface area contributed by atoms with Gasteiger partial charge in [0.1, 0.15) is 0 Å². The van der Waals surface area contributed by atoms with Crippen molar-refractivity contribution in [2.75, 3.05) is 6.61 Å². The topological polar surface area (TPSA) is 59.2 Å². The van der Waals surface area contributed by atoms with Crippen molar-refractivity contribution in [3.05, 3.63) is 11.7 Å². The Hall–Kier alpha value is -0.900. The van der Waals surface area contributed by atoms with Gasteiger partial charge in [0.15, 0.2) is 5.82 Å². The molecule has 0 saturated heterocycles. The third kappa shape index (κ3) is 1.34. The number of aliphatic hydroxyl groups is 1. The van der Waals surface area contributed by atoms with Crippen molar-refractivity contribution in [3.63, 3.8) is 0 Å². The summed E-state index contributed by atoms with van der Waals surface area (Å²) < 4.78 is 5.04. The largest absolute Gasteiger partial charge is 0.396 e. The van der Waals surface area contributed by atoms with E-state index in [1.807, 2.05) is 0 Å². The first-order chi connectivity index (χ1) is 5.81. The van der Waals surface area contributed by atoms with E-state index >= 15 is 0 Å². The third-order valence-electron chi connectivity index (χ3n) is 2.25. The zero-order valence-corrected chi connectivity index (χ0v) is 7.03. The molecule has 1 fully saturated rings. The lowest BCUT2D eigenvalue weighted by atomic mass is 10.3. The molecule has 0 aromatic carbocycles. The number of aliphatic hydroxyl groups excluding tert-OH is 1. The molecule has 1 heterocycles. The molecule has 0 amide bonds. The van der Waals surface area contributed by atoms with E-state index in [1.165, 1.54) is 0 Å². The number of hydrogen-bond acceptors (Lipinski definition) is 4. The molecule has 1 aliphatic carbocycles. The second kappa shape index (κ2) is 2.86. The van der Waals surface area contributed by atoms with Crippen LogP contribution in [-0.2, 0) is 6.42 Å². The smallest absolute Gasteiger partial charge is 0.230 e. The van der Waals surface area contributed by atoms with Gasteiger partial charge in [-0.15, -0.1) is 0 Å². The van der Waals surface area contributed by atoms with Crippen LogP contribution in [0.3, 0.4) is 0 Å². The molecule has 0 radical (unpaired) electrons. The van der Waals surface area contributed by atoms with Gasteiger partial charge in [-0.05, 0) is 12.3 Å². The summed E-state index contributed by atoms with van der Waals surface area (Å²) in [5.41, 5.74) is 0. The van der Waals surface area contributed by atoms with Crippen LogP contribution in [0.25, 0.3) is 0 Å². The highest BCUT2D eigenvalue weighted by Crippen LogP contribution is 2.45. The summed E-state index contributed by atoms with van der Waals surface area (Å²) in [6.07, 6.45) is 1.64. The second-order valence-electron chi connectivity index (χ2n) is 3.34. The fourth-order valence-electron chi connectivity index (χ4n) is 1.29. The predicted molar refractivity (Wildman–Crippen MR) is 41.6 cm³/mol. The third-order valence-corrected chi connectivity index (χ3v) is 2.25. The lowest BCUT2D eigenvalue weighted by Gasteiger charge is -1.84. The fraction of sp³-hybridized carbons (Fsp3) is 0.750. The van der Waals surface area contributed by atoms with Gasteiger partial charge >= 0.3 is 0 Å². The maximum absolute atomic E-state index is 8.61. The molecule has 1 saturated carbocycles. The van der Waals surface area contributed by atoms with E-state index in [0.29, 0.717) is 24.1 Å². The van der Waals surface area contributed by atoms with Gasteiger partial charge in [-0.25, -0.2) is 0 Å². The molecule has 2 unspecified atom stereocenters. The van der Waals surface area contributed by atoms with Gasteiger partial charge in [-0.2, -0.15) is 4.98 Å². The normalized spacial score (nSPS) is 27.5. The molecular formula is C8H12N2O2. The van der Waals surface area contributed by atoms with Gasteiger partial charge in [0.25, 0.3) is 0 Å². The maximum Gasteiger partial charge on any atom is 0.230 e. The number of rotatable bonds is 3. The summed E-state index contributed by atoms with van der Waals surface area (Å²) in [5, 5.41) is 12.4. The molecule has 1 aromatic heterocycles. The first-order valence-corrected chi connectivity index (χ1v) is 4.24. The molecule has 2 rings (SSSR count). The Labute approximate surface area is 70.6 Å². The van der Waals surface area contributed by atoms with Crippen molar-refractivity contribution in [2.24, 2.45) is 5.92 Å². The molecule has 1 aromatic rings. The standard InChI is InChI=1S/C8H12N2O2/c1-5-4-6(5)8-9-7(2-3-11)10-12-8/h5-6,11H,2-4H2,1H3. The summed E-state index contributed by atoms with van der Waals surface area (Å²) in [5.74, 6) is 2.52. The van der Waals surface area contributed by atoms with Gasteiger partial charge in [-0.3, -0.25) is 0 Å². The Morgan fingerprint density at radius 1 is 1.67 bits per heavy atom. The van der Waals surface area contributed by atoms with Gasteiger partial charge < -0.3 is 9.63 Å². The Bertz CT molecular complexity index is 272. The van der Waals surface area contributed by atoms with Crippen molar-refractivity contribution >= 4 is 0 Å². The lowest BCUT2D eigenvalue weighted by Crippen LogP contribution is -1.92. The van der Waals surface area contributed by atoms with Crippen LogP contribution in [0.5, 0.6) is 0 Å². The monoisotopic (exact) mass is 168 g/mol. The van der Waals surface area contributed by atoms with Crippen molar-refractivity contribution in [1.29, 1.82) is 0 Å². The molecule has 12 heavy (non-hydrogen) atoms. The van der Waals surface area contributed by atoms with Gasteiger partial charge in [-0.1, -0.05) is 12.1 Å². The summed E-state index contributed by atoms with van der Waals surface area (Å²) in [6.45, 7) is 2.25. The molecule has 0 aliphatic heterocycles. The zero-order chi connectivity index (χ0) is 8.55. The summed E-state index contributed by atoms with van der Waals surface area (Å²) in [4.78, 5) is 4.17. The van der Waals surface area contributed by atoms with Crippen molar-refractivity contribution < 1.29 is 9.63 Å². The van der Waals surface area contributed by atoms with Crippen LogP contribution >= 0.6 is 0 Å². The van der Waals surface area contributed by atoms with E-state index in [1.54, 1.807) is 0 Å². The van der Waals surface area contributed by atoms with E-state index in [9.17, 15) is 0 Å². The Morgan fingerprint density at radius 3 is 3.00 bits per heavy atom. The summed E-state index contributed by atoms with van der Waals surface area (Å²) >= 11 is 0. The average molecular weight is 168 g/mol. The van der Waals surface area contributed by atoms with Crippen LogP contribution in [-0.4, -0.2) is 21.9 Å². The Morgan fingerprint density at radius 2 is 2.42 bits per heavy atom. The molecule has 66 valence electrons. The van der Waals surface area contributed by atoms with E-state index < -0.39 is 0 Å². The summed E-state index contributed by atoms with van der Waals surface area (Å²) in [7, 11) is 0. The van der Waals surface area contributed by atoms with Crippen LogP contribution in [0.15, 0.2) is 4.52 Å². The number of nitrogens with zero attached hydrogens (tertiary/aromatic N) is 2. The minimum Gasteiger partial charge on any atom is -0.396 e. The van der Waals surface area contributed by atoms with Gasteiger partial charge in [0, 0.05) is 12.3 Å². The van der Waals surface area contributed by atoms with E-state index in [-0.39, 0.29) is 6.61 Å². The average Bonchev–Trinajstić information content (AvgIpc) is 2.62. The molecule has 4 heteroatoms. The zero-order valence-electron chi connectivity index (χ0n) is 7.03. The Kier molecular flexibility index (Phi) is 1.84. The molecule has 1 N–H and O–H groups in total. The van der Waals surface area contributed by atoms with Crippen LogP contribution in [0.2, 0.25) is 0 Å². The van der Waals surface area contributed by atoms with Crippen LogP contribution < -0.4 is 0 Å². The number of hydrogen-bond donors (Lipinski definition) is 1. The van der Waals surface area contributed by atoms with Crippen LogP contribution in [0.1, 0.15) is 31.0 Å². The highest BCUT2D eigenvalue weighted by atomic mass is 16.5. The number of aromatic nitrogens is 2. The molecule has 0 spiro atoms. The van der Waals surface area contributed by atoms with Crippen LogP contribution in [0, 0.1) is 5.92 Å². The quantitative estimate of drug-likeness (QED) is 0.722. The fourth-order valence-corrected chi connectivity index (χ4v) is 1.29. The molecule has 0 bridgehead atoms. The SMILES string of the molecule is CC1CC1c1nc(CCO)no1. The summed E-state index contributed by atoms with van der Waals surface area (Å²) in [6, 6.07) is 0. The van der Waals surface area contributed by atoms with E-state index in [4.69, 9.17) is 9.63 Å². The first-order valence-electron chi connectivity index (χ1n) is 4.24. The molecule has 2 atom stereocenters. The lowest BCUT2D eigenvalue weighted by molar-refractivity contribution is 0.292. The van der Waals surface area contributed by atoms with Crippen molar-refractivity contribution in [1.82, 2.24) is 10.1 Å². The molecule has 1 aliphatic rings.